The van der Waals surface area contributed by atoms with Crippen LogP contribution in [-0.2, 0) is 11.3 Å². The van der Waals surface area contributed by atoms with Crippen molar-refractivity contribution in [3.05, 3.63) is 30.3 Å². The molecule has 1 heterocycles. The van der Waals surface area contributed by atoms with Gasteiger partial charge in [-0.15, -0.1) is 5.10 Å². The number of nitrogens with two attached hydrogens (primary N) is 1. The third-order valence-corrected chi connectivity index (χ3v) is 3.60. The standard InChI is InChI=1S/C12H16N6OS/c1-9(11(19)14-10-5-3-2-4-6-10)20-12-15-16-17-18(12)8-7-13/h2-6,9H,7-8,13H2,1H3,(H,14,19). The van der Waals surface area contributed by atoms with Crippen LogP contribution in [0.3, 0.4) is 0 Å². The zero-order valence-electron chi connectivity index (χ0n) is 11.1. The van der Waals surface area contributed by atoms with Gasteiger partial charge in [0.2, 0.25) is 11.1 Å². The molecule has 1 amide bonds. The van der Waals surface area contributed by atoms with E-state index in [1.54, 1.807) is 4.68 Å². The molecule has 1 aromatic heterocycles. The van der Waals surface area contributed by atoms with Crippen molar-refractivity contribution in [3.8, 4) is 0 Å². The molecule has 1 unspecified atom stereocenters. The summed E-state index contributed by atoms with van der Waals surface area (Å²) in [5.74, 6) is -0.0940. The third-order valence-electron chi connectivity index (χ3n) is 2.53. The third kappa shape index (κ3) is 3.78. The summed E-state index contributed by atoms with van der Waals surface area (Å²) in [4.78, 5) is 12.1. The highest BCUT2D eigenvalue weighted by atomic mass is 32.2. The van der Waals surface area contributed by atoms with Gasteiger partial charge in [-0.2, -0.15) is 0 Å². The van der Waals surface area contributed by atoms with Crippen LogP contribution >= 0.6 is 11.8 Å². The molecule has 1 aromatic carbocycles. The topological polar surface area (TPSA) is 98.7 Å². The Morgan fingerprint density at radius 3 is 2.90 bits per heavy atom. The van der Waals surface area contributed by atoms with Crippen LogP contribution in [0.1, 0.15) is 6.92 Å². The number of nitrogens with one attached hydrogen (secondary N) is 1. The van der Waals surface area contributed by atoms with Crippen molar-refractivity contribution in [2.75, 3.05) is 11.9 Å². The molecule has 7 nitrogen and oxygen atoms in total. The number of amides is 1. The smallest absolute Gasteiger partial charge is 0.237 e. The van der Waals surface area contributed by atoms with Crippen LogP contribution in [0.25, 0.3) is 0 Å². The van der Waals surface area contributed by atoms with Gasteiger partial charge in [0.25, 0.3) is 0 Å². The lowest BCUT2D eigenvalue weighted by atomic mass is 10.3. The Morgan fingerprint density at radius 1 is 1.45 bits per heavy atom. The van der Waals surface area contributed by atoms with Crippen molar-refractivity contribution in [2.45, 2.75) is 23.9 Å². The number of nitrogens with zero attached hydrogens (tertiary/aromatic N) is 4. The second kappa shape index (κ2) is 7.01. The Labute approximate surface area is 120 Å². The summed E-state index contributed by atoms with van der Waals surface area (Å²) in [7, 11) is 0. The van der Waals surface area contributed by atoms with Crippen LogP contribution in [0, 0.1) is 0 Å². The average molecular weight is 292 g/mol. The van der Waals surface area contributed by atoms with Gasteiger partial charge in [-0.1, -0.05) is 30.0 Å². The van der Waals surface area contributed by atoms with Gasteiger partial charge in [-0.25, -0.2) is 4.68 Å². The number of tetrazole rings is 1. The van der Waals surface area contributed by atoms with Gasteiger partial charge in [0.05, 0.1) is 11.8 Å². The van der Waals surface area contributed by atoms with Crippen LogP contribution in [0.4, 0.5) is 5.69 Å². The highest BCUT2D eigenvalue weighted by molar-refractivity contribution is 8.00. The number of rotatable bonds is 6. The van der Waals surface area contributed by atoms with E-state index < -0.39 is 0 Å². The molecule has 0 saturated carbocycles. The molecule has 3 N–H and O–H groups in total. The molecule has 0 bridgehead atoms. The van der Waals surface area contributed by atoms with Gasteiger partial charge in [0.1, 0.15) is 0 Å². The van der Waals surface area contributed by atoms with E-state index in [1.165, 1.54) is 11.8 Å². The lowest BCUT2D eigenvalue weighted by molar-refractivity contribution is -0.115. The van der Waals surface area contributed by atoms with Crippen molar-refractivity contribution < 1.29 is 4.79 Å². The van der Waals surface area contributed by atoms with Gasteiger partial charge >= 0.3 is 0 Å². The van der Waals surface area contributed by atoms with Crippen LogP contribution in [0.2, 0.25) is 0 Å². The molecule has 2 rings (SSSR count). The first kappa shape index (κ1) is 14.5. The first-order chi connectivity index (χ1) is 9.70. The molecule has 2 aromatic rings. The molecular weight excluding hydrogens is 276 g/mol. The van der Waals surface area contributed by atoms with E-state index >= 15 is 0 Å². The summed E-state index contributed by atoms with van der Waals surface area (Å²) >= 11 is 1.30. The normalized spacial score (nSPS) is 12.1. The van der Waals surface area contributed by atoms with E-state index in [1.807, 2.05) is 37.3 Å². The van der Waals surface area contributed by atoms with Crippen LogP contribution in [0.15, 0.2) is 35.5 Å². The van der Waals surface area contributed by atoms with Crippen LogP contribution < -0.4 is 11.1 Å². The van der Waals surface area contributed by atoms with E-state index in [9.17, 15) is 4.79 Å². The Morgan fingerprint density at radius 2 is 2.20 bits per heavy atom. The molecule has 0 fully saturated rings. The summed E-state index contributed by atoms with van der Waals surface area (Å²) in [5.41, 5.74) is 6.25. The minimum absolute atomic E-state index is 0.0940. The number of hydrogen-bond acceptors (Lipinski definition) is 6. The van der Waals surface area contributed by atoms with Gasteiger partial charge in [0.15, 0.2) is 0 Å². The quantitative estimate of drug-likeness (QED) is 0.762. The number of anilines is 1. The highest BCUT2D eigenvalue weighted by Gasteiger charge is 2.18. The maximum atomic E-state index is 12.1. The minimum atomic E-state index is -0.308. The maximum Gasteiger partial charge on any atom is 0.237 e. The van der Waals surface area contributed by atoms with Crippen molar-refractivity contribution in [3.63, 3.8) is 0 Å². The van der Waals surface area contributed by atoms with Gasteiger partial charge in [0, 0.05) is 12.2 Å². The SMILES string of the molecule is CC(Sc1nnnn1CCN)C(=O)Nc1ccccc1. The second-order valence-corrected chi connectivity index (χ2v) is 5.40. The highest BCUT2D eigenvalue weighted by Crippen LogP contribution is 2.21. The molecule has 106 valence electrons. The fraction of sp³-hybridized carbons (Fsp3) is 0.333. The zero-order valence-corrected chi connectivity index (χ0v) is 11.9. The summed E-state index contributed by atoms with van der Waals surface area (Å²) in [5, 5.41) is 14.4. The van der Waals surface area contributed by atoms with E-state index in [0.29, 0.717) is 18.2 Å². The fourth-order valence-corrected chi connectivity index (χ4v) is 2.34. The first-order valence-corrected chi connectivity index (χ1v) is 7.07. The van der Waals surface area contributed by atoms with Crippen molar-refractivity contribution in [1.29, 1.82) is 0 Å². The first-order valence-electron chi connectivity index (χ1n) is 6.19. The van der Waals surface area contributed by atoms with Crippen molar-refractivity contribution >= 4 is 23.4 Å². The summed E-state index contributed by atoms with van der Waals surface area (Å²) in [6.07, 6.45) is 0. The number of thioether (sulfide) groups is 1. The second-order valence-electron chi connectivity index (χ2n) is 4.09. The van der Waals surface area contributed by atoms with Crippen LogP contribution in [-0.4, -0.2) is 37.9 Å². The summed E-state index contributed by atoms with van der Waals surface area (Å²) in [6, 6.07) is 9.32. The number of para-hydroxylation sites is 1. The molecule has 8 heteroatoms. The molecule has 0 radical (unpaired) electrons. The largest absolute Gasteiger partial charge is 0.329 e. The van der Waals surface area contributed by atoms with E-state index in [-0.39, 0.29) is 11.2 Å². The lowest BCUT2D eigenvalue weighted by Crippen LogP contribution is -2.23. The average Bonchev–Trinajstić information content (AvgIpc) is 2.87. The summed E-state index contributed by atoms with van der Waals surface area (Å²) in [6.45, 7) is 2.79. The fourth-order valence-electron chi connectivity index (χ4n) is 1.52. The molecule has 0 aliphatic rings. The Bertz CT molecular complexity index is 558. The molecular formula is C12H16N6OS. The number of hydrogen-bond donors (Lipinski definition) is 2. The predicted molar refractivity (Wildman–Crippen MR) is 77.3 cm³/mol. The van der Waals surface area contributed by atoms with Gasteiger partial charge < -0.3 is 11.1 Å². The van der Waals surface area contributed by atoms with Crippen LogP contribution in [0.5, 0.6) is 0 Å². The number of carbonyl (C=O) groups is 1. The monoisotopic (exact) mass is 292 g/mol. The molecule has 0 spiro atoms. The van der Waals surface area contributed by atoms with Crippen molar-refractivity contribution in [2.24, 2.45) is 5.73 Å². The molecule has 0 aliphatic carbocycles. The maximum absolute atomic E-state index is 12.1. The Balaban J connectivity index is 1.95. The number of benzene rings is 1. The Hall–Kier alpha value is -1.93. The molecule has 20 heavy (non-hydrogen) atoms. The lowest BCUT2D eigenvalue weighted by Gasteiger charge is -2.11. The Kier molecular flexibility index (Phi) is 5.08. The van der Waals surface area contributed by atoms with Gasteiger partial charge in [-0.05, 0) is 29.5 Å². The molecule has 0 saturated heterocycles. The predicted octanol–water partition coefficient (Wildman–Crippen LogP) is 0.751. The van der Waals surface area contributed by atoms with E-state index in [2.05, 4.69) is 20.8 Å². The summed E-state index contributed by atoms with van der Waals surface area (Å²) < 4.78 is 1.59. The molecule has 1 atom stereocenters. The number of carbonyl (C=O) groups excluding carboxylic acids is 1. The van der Waals surface area contributed by atoms with Gasteiger partial charge in [-0.3, -0.25) is 4.79 Å². The minimum Gasteiger partial charge on any atom is -0.329 e. The number of aromatic nitrogens is 4. The van der Waals surface area contributed by atoms with Crippen molar-refractivity contribution in [1.82, 2.24) is 20.2 Å². The molecule has 0 aliphatic heterocycles. The van der Waals surface area contributed by atoms with E-state index in [4.69, 9.17) is 5.73 Å². The zero-order chi connectivity index (χ0) is 14.4. The van der Waals surface area contributed by atoms with E-state index in [0.717, 1.165) is 5.69 Å².